The van der Waals surface area contributed by atoms with Gasteiger partial charge < -0.3 is 5.32 Å². The van der Waals surface area contributed by atoms with Gasteiger partial charge in [-0.25, -0.2) is 4.68 Å². The highest BCUT2D eigenvalue weighted by Crippen LogP contribution is 2.17. The second kappa shape index (κ2) is 10.6. The summed E-state index contributed by atoms with van der Waals surface area (Å²) in [4.78, 5) is 15.8. The minimum absolute atomic E-state index is 0.0635. The fourth-order valence-corrected chi connectivity index (χ4v) is 3.76. The largest absolute Gasteiger partial charge is 0.352 e. The van der Waals surface area contributed by atoms with E-state index in [1.165, 1.54) is 17.7 Å². The molecule has 7 nitrogen and oxygen atoms in total. The third-order valence-electron chi connectivity index (χ3n) is 5.27. The summed E-state index contributed by atoms with van der Waals surface area (Å²) in [5.41, 5.74) is 1.12. The van der Waals surface area contributed by atoms with Crippen molar-refractivity contribution >= 4 is 17.7 Å². The second-order valence-corrected chi connectivity index (χ2v) is 8.38. The number of carbonyl (C=O) groups is 1. The lowest BCUT2D eigenvalue weighted by molar-refractivity contribution is -0.121. The van der Waals surface area contributed by atoms with Crippen LogP contribution in [0.4, 0.5) is 0 Å². The lowest BCUT2D eigenvalue weighted by atomic mass is 9.99. The number of carbonyl (C=O) groups excluding carboxylic acids is 1. The Labute approximate surface area is 171 Å². The predicted molar refractivity (Wildman–Crippen MR) is 111 cm³/mol. The molecular formula is C20H30N6OS. The Bertz CT molecular complexity index is 739. The van der Waals surface area contributed by atoms with E-state index >= 15 is 0 Å². The van der Waals surface area contributed by atoms with E-state index in [9.17, 15) is 4.79 Å². The average molecular weight is 403 g/mol. The van der Waals surface area contributed by atoms with E-state index in [2.05, 4.69) is 63.2 Å². The number of aryl methyl sites for hydroxylation is 1. The smallest absolute Gasteiger partial charge is 0.220 e. The molecule has 1 fully saturated rings. The van der Waals surface area contributed by atoms with E-state index in [1.54, 1.807) is 11.8 Å². The van der Waals surface area contributed by atoms with Gasteiger partial charge in [-0.1, -0.05) is 19.1 Å². The van der Waals surface area contributed by atoms with Crippen LogP contribution in [0.1, 0.15) is 44.0 Å². The molecule has 1 aliphatic rings. The number of aromatic nitrogens is 4. The van der Waals surface area contributed by atoms with Crippen LogP contribution in [0, 0.1) is 5.92 Å². The van der Waals surface area contributed by atoms with Crippen molar-refractivity contribution in [1.82, 2.24) is 30.4 Å². The molecule has 0 saturated carbocycles. The SMILES string of the molecule is CSc1ccc(CNC(=O)CCCn2nnnc2CN2CCC(C)CC2)cc1. The van der Waals surface area contributed by atoms with Gasteiger partial charge in [0.15, 0.2) is 5.82 Å². The molecule has 2 aromatic rings. The summed E-state index contributed by atoms with van der Waals surface area (Å²) >= 11 is 1.71. The molecule has 152 valence electrons. The van der Waals surface area contributed by atoms with Crippen LogP contribution in [0.2, 0.25) is 0 Å². The second-order valence-electron chi connectivity index (χ2n) is 7.51. The molecule has 1 aromatic heterocycles. The molecule has 0 spiro atoms. The Morgan fingerprint density at radius 2 is 2.00 bits per heavy atom. The zero-order valence-electron chi connectivity index (χ0n) is 16.8. The highest BCUT2D eigenvalue weighted by molar-refractivity contribution is 7.98. The molecule has 2 heterocycles. The van der Waals surface area contributed by atoms with Gasteiger partial charge in [0, 0.05) is 24.4 Å². The number of benzene rings is 1. The lowest BCUT2D eigenvalue weighted by Gasteiger charge is -2.29. The molecule has 1 saturated heterocycles. The van der Waals surface area contributed by atoms with Gasteiger partial charge in [0.05, 0.1) is 6.54 Å². The summed E-state index contributed by atoms with van der Waals surface area (Å²) in [5, 5.41) is 15.1. The van der Waals surface area contributed by atoms with Crippen LogP contribution in [0.25, 0.3) is 0 Å². The summed E-state index contributed by atoms with van der Waals surface area (Å²) in [6, 6.07) is 8.27. The van der Waals surface area contributed by atoms with E-state index in [0.29, 0.717) is 19.5 Å². The van der Waals surface area contributed by atoms with E-state index in [0.717, 1.165) is 43.4 Å². The minimum atomic E-state index is 0.0635. The van der Waals surface area contributed by atoms with Gasteiger partial charge in [-0.2, -0.15) is 0 Å². The van der Waals surface area contributed by atoms with Gasteiger partial charge in [-0.15, -0.1) is 16.9 Å². The standard InChI is InChI=1S/C20H30N6OS/c1-16-9-12-25(13-10-16)15-19-22-23-24-26(19)11-3-4-20(27)21-14-17-5-7-18(28-2)8-6-17/h5-8,16H,3-4,9-15H2,1-2H3,(H,21,27). The molecule has 0 unspecified atom stereocenters. The molecule has 1 amide bonds. The third-order valence-corrected chi connectivity index (χ3v) is 6.01. The zero-order chi connectivity index (χ0) is 19.8. The van der Waals surface area contributed by atoms with E-state index in [1.807, 2.05) is 4.68 Å². The summed E-state index contributed by atoms with van der Waals surface area (Å²) in [6.07, 6.45) is 5.74. The highest BCUT2D eigenvalue weighted by atomic mass is 32.2. The van der Waals surface area contributed by atoms with E-state index in [-0.39, 0.29) is 5.91 Å². The number of hydrogen-bond acceptors (Lipinski definition) is 6. The summed E-state index contributed by atoms with van der Waals surface area (Å²) < 4.78 is 1.84. The fraction of sp³-hybridized carbons (Fsp3) is 0.600. The Morgan fingerprint density at radius 1 is 1.25 bits per heavy atom. The first-order valence-electron chi connectivity index (χ1n) is 10.0. The van der Waals surface area contributed by atoms with Crippen molar-refractivity contribution < 1.29 is 4.79 Å². The Kier molecular flexibility index (Phi) is 7.85. The molecule has 0 aliphatic carbocycles. The number of amides is 1. The predicted octanol–water partition coefficient (Wildman–Crippen LogP) is 2.72. The van der Waals surface area contributed by atoms with E-state index < -0.39 is 0 Å². The van der Waals surface area contributed by atoms with Crippen molar-refractivity contribution in [3.05, 3.63) is 35.7 Å². The number of thioether (sulfide) groups is 1. The molecule has 1 aromatic carbocycles. The number of nitrogens with one attached hydrogen (secondary N) is 1. The van der Waals surface area contributed by atoms with Gasteiger partial charge in [-0.05, 0) is 72.6 Å². The molecule has 0 bridgehead atoms. The topological polar surface area (TPSA) is 75.9 Å². The molecule has 8 heteroatoms. The van der Waals surface area contributed by atoms with Crippen molar-refractivity contribution in [1.29, 1.82) is 0 Å². The van der Waals surface area contributed by atoms with E-state index in [4.69, 9.17) is 0 Å². The van der Waals surface area contributed by atoms with Gasteiger partial charge >= 0.3 is 0 Å². The van der Waals surface area contributed by atoms with Crippen molar-refractivity contribution in [3.8, 4) is 0 Å². The maximum Gasteiger partial charge on any atom is 0.220 e. The number of hydrogen-bond donors (Lipinski definition) is 1. The van der Waals surface area contributed by atoms with Crippen LogP contribution in [0.15, 0.2) is 29.2 Å². The fourth-order valence-electron chi connectivity index (χ4n) is 3.35. The highest BCUT2D eigenvalue weighted by Gasteiger charge is 2.18. The average Bonchev–Trinajstić information content (AvgIpc) is 3.15. The number of rotatable bonds is 9. The van der Waals surface area contributed by atoms with Crippen molar-refractivity contribution in [3.63, 3.8) is 0 Å². The maximum absolute atomic E-state index is 12.1. The third kappa shape index (κ3) is 6.31. The van der Waals surface area contributed by atoms with Crippen LogP contribution >= 0.6 is 11.8 Å². The Balaban J connectivity index is 1.37. The molecule has 0 atom stereocenters. The summed E-state index contributed by atoms with van der Waals surface area (Å²) in [5.74, 6) is 1.77. The molecule has 0 radical (unpaired) electrons. The molecule has 1 aliphatic heterocycles. The van der Waals surface area contributed by atoms with Crippen LogP contribution in [0.3, 0.4) is 0 Å². The maximum atomic E-state index is 12.1. The molecule has 28 heavy (non-hydrogen) atoms. The van der Waals surface area contributed by atoms with Gasteiger partial charge in [0.1, 0.15) is 0 Å². The minimum Gasteiger partial charge on any atom is -0.352 e. The lowest BCUT2D eigenvalue weighted by Crippen LogP contribution is -2.33. The van der Waals surface area contributed by atoms with Crippen LogP contribution in [-0.4, -0.2) is 50.4 Å². The molecular weight excluding hydrogens is 372 g/mol. The van der Waals surface area contributed by atoms with Crippen LogP contribution in [-0.2, 0) is 24.4 Å². The van der Waals surface area contributed by atoms with Gasteiger partial charge in [0.25, 0.3) is 0 Å². The van der Waals surface area contributed by atoms with Gasteiger partial charge in [0.2, 0.25) is 5.91 Å². The summed E-state index contributed by atoms with van der Waals surface area (Å²) in [7, 11) is 0. The van der Waals surface area contributed by atoms with Gasteiger partial charge in [-0.3, -0.25) is 9.69 Å². The monoisotopic (exact) mass is 402 g/mol. The quantitative estimate of drug-likeness (QED) is 0.650. The number of piperidine rings is 1. The Morgan fingerprint density at radius 3 is 2.71 bits per heavy atom. The zero-order valence-corrected chi connectivity index (χ0v) is 17.6. The number of likely N-dealkylation sites (tertiary alicyclic amines) is 1. The van der Waals surface area contributed by atoms with Crippen LogP contribution in [0.5, 0.6) is 0 Å². The Hall–Kier alpha value is -1.93. The summed E-state index contributed by atoms with van der Waals surface area (Å²) in [6.45, 7) is 6.55. The van der Waals surface area contributed by atoms with Crippen LogP contribution < -0.4 is 5.32 Å². The van der Waals surface area contributed by atoms with Crippen molar-refractivity contribution in [2.75, 3.05) is 19.3 Å². The molecule has 3 rings (SSSR count). The van der Waals surface area contributed by atoms with Crippen molar-refractivity contribution in [2.24, 2.45) is 5.92 Å². The van der Waals surface area contributed by atoms with Crippen molar-refractivity contribution in [2.45, 2.75) is 57.1 Å². The first kappa shape index (κ1) is 20.8. The first-order valence-corrected chi connectivity index (χ1v) is 11.2. The molecule has 1 N–H and O–H groups in total. The number of nitrogens with zero attached hydrogens (tertiary/aromatic N) is 5. The normalized spacial score (nSPS) is 15.6. The first-order chi connectivity index (χ1) is 13.6. The number of tetrazole rings is 1.